The summed E-state index contributed by atoms with van der Waals surface area (Å²) in [7, 11) is 0. The molecule has 14 nitrogen and oxygen atoms in total. The maximum absolute atomic E-state index is 13.4. The molecule has 0 aromatic rings. The third-order valence-electron chi connectivity index (χ3n) is 17.6. The summed E-state index contributed by atoms with van der Waals surface area (Å²) < 4.78 is 22.9. The molecule has 1 amide bonds. The summed E-state index contributed by atoms with van der Waals surface area (Å²) in [6.07, 6.45) is 77.5. The molecule has 2 aliphatic rings. The Labute approximate surface area is 577 Å². The van der Waals surface area contributed by atoms with Crippen molar-refractivity contribution in [1.29, 1.82) is 0 Å². The number of aliphatic hydroxyl groups is 8. The largest absolute Gasteiger partial charge is 0.394 e. The molecule has 2 saturated heterocycles. The van der Waals surface area contributed by atoms with E-state index in [4.69, 9.17) is 18.9 Å². The van der Waals surface area contributed by atoms with Gasteiger partial charge in [-0.3, -0.25) is 4.79 Å². The van der Waals surface area contributed by atoms with Crippen LogP contribution in [0.1, 0.15) is 277 Å². The molecule has 12 atom stereocenters. The summed E-state index contributed by atoms with van der Waals surface area (Å²) in [6.45, 7) is 2.75. The Morgan fingerprint density at radius 1 is 0.389 bits per heavy atom. The zero-order valence-corrected chi connectivity index (χ0v) is 59.4. The number of carbonyl (C=O) groups is 1. The van der Waals surface area contributed by atoms with Crippen LogP contribution in [-0.4, -0.2) is 140 Å². The first-order chi connectivity index (χ1) is 46.6. The first kappa shape index (κ1) is 87.2. The monoisotopic (exact) mass is 1330 g/mol. The van der Waals surface area contributed by atoms with Gasteiger partial charge in [-0.05, 0) is 96.3 Å². The third-order valence-corrected chi connectivity index (χ3v) is 17.6. The van der Waals surface area contributed by atoms with E-state index in [2.05, 4.69) is 153 Å². The van der Waals surface area contributed by atoms with E-state index >= 15 is 0 Å². The molecule has 12 unspecified atom stereocenters. The van der Waals surface area contributed by atoms with E-state index in [0.29, 0.717) is 12.8 Å². The molecule has 2 aliphatic heterocycles. The van der Waals surface area contributed by atoms with Crippen molar-refractivity contribution in [3.63, 3.8) is 0 Å². The van der Waals surface area contributed by atoms with E-state index in [1.54, 1.807) is 0 Å². The highest BCUT2D eigenvalue weighted by atomic mass is 16.7. The molecular formula is C81H137NO13. The summed E-state index contributed by atoms with van der Waals surface area (Å²) in [4.78, 5) is 13.4. The molecule has 0 aliphatic carbocycles. The average molecular weight is 1330 g/mol. The molecule has 544 valence electrons. The van der Waals surface area contributed by atoms with Gasteiger partial charge in [0.15, 0.2) is 12.6 Å². The second kappa shape index (κ2) is 63.6. The van der Waals surface area contributed by atoms with E-state index in [1.807, 2.05) is 0 Å². The summed E-state index contributed by atoms with van der Waals surface area (Å²) in [5.41, 5.74) is 0. The SMILES string of the molecule is CC/C=C\C/C=C\C/C=C\C/C=C\C/C=C\C/C=C\C/C=C\C/C=C\C/C=C\C/C=C\C/C=C\CCCCCCCC(=O)NC(COC1OC(CO)C(OC2OC(CO)C(O)C(O)C2O)C(O)C1O)C(O)CCCCCCCCCCCCCCCCCCCCCCCC. The van der Waals surface area contributed by atoms with Crippen LogP contribution < -0.4 is 5.32 Å². The van der Waals surface area contributed by atoms with Crippen LogP contribution in [0.15, 0.2) is 134 Å². The van der Waals surface area contributed by atoms with E-state index in [-0.39, 0.29) is 18.9 Å². The van der Waals surface area contributed by atoms with Gasteiger partial charge < -0.3 is 65.1 Å². The number of aliphatic hydroxyl groups excluding tert-OH is 8. The number of carbonyl (C=O) groups excluding carboxylic acids is 1. The predicted molar refractivity (Wildman–Crippen MR) is 391 cm³/mol. The van der Waals surface area contributed by atoms with Crippen LogP contribution >= 0.6 is 0 Å². The zero-order valence-electron chi connectivity index (χ0n) is 59.4. The van der Waals surface area contributed by atoms with Gasteiger partial charge in [0.1, 0.15) is 48.8 Å². The molecule has 14 heteroatoms. The fourth-order valence-corrected chi connectivity index (χ4v) is 11.7. The van der Waals surface area contributed by atoms with Crippen LogP contribution in [0.4, 0.5) is 0 Å². The normalized spacial score (nSPS) is 23.1. The van der Waals surface area contributed by atoms with E-state index in [0.717, 1.165) is 128 Å². The lowest BCUT2D eigenvalue weighted by molar-refractivity contribution is -0.359. The Hall–Kier alpha value is -3.87. The first-order valence-corrected chi connectivity index (χ1v) is 37.9. The van der Waals surface area contributed by atoms with Gasteiger partial charge in [-0.2, -0.15) is 0 Å². The van der Waals surface area contributed by atoms with Crippen LogP contribution in [0.3, 0.4) is 0 Å². The third kappa shape index (κ3) is 46.9. The minimum atomic E-state index is -1.79. The molecule has 2 fully saturated rings. The van der Waals surface area contributed by atoms with E-state index in [9.17, 15) is 45.6 Å². The molecule has 2 heterocycles. The highest BCUT2D eigenvalue weighted by Gasteiger charge is 2.51. The second-order valence-corrected chi connectivity index (χ2v) is 26.0. The maximum Gasteiger partial charge on any atom is 0.220 e. The van der Waals surface area contributed by atoms with Crippen LogP contribution in [0, 0.1) is 0 Å². The van der Waals surface area contributed by atoms with E-state index < -0.39 is 86.8 Å². The quantitative estimate of drug-likeness (QED) is 0.0204. The lowest BCUT2D eigenvalue weighted by Gasteiger charge is -2.46. The Morgan fingerprint density at radius 2 is 0.726 bits per heavy atom. The summed E-state index contributed by atoms with van der Waals surface area (Å²) in [6, 6.07) is -0.851. The van der Waals surface area contributed by atoms with Gasteiger partial charge in [-0.1, -0.05) is 308 Å². The van der Waals surface area contributed by atoms with Crippen molar-refractivity contribution in [3.8, 4) is 0 Å². The molecule has 9 N–H and O–H groups in total. The van der Waals surface area contributed by atoms with Crippen LogP contribution in [0.5, 0.6) is 0 Å². The number of unbranched alkanes of at least 4 members (excludes halogenated alkanes) is 26. The Balaban J connectivity index is 1.65. The number of hydrogen-bond acceptors (Lipinski definition) is 13. The Morgan fingerprint density at radius 3 is 1.12 bits per heavy atom. The number of ether oxygens (including phenoxy) is 4. The average Bonchev–Trinajstić information content (AvgIpc) is 0.801. The lowest BCUT2D eigenvalue weighted by Crippen LogP contribution is -2.65. The van der Waals surface area contributed by atoms with Crippen molar-refractivity contribution in [2.45, 2.75) is 351 Å². The van der Waals surface area contributed by atoms with Crippen molar-refractivity contribution in [2.75, 3.05) is 19.8 Å². The summed E-state index contributed by atoms with van der Waals surface area (Å²) in [5, 5.41) is 87.7. The number of amides is 1. The van der Waals surface area contributed by atoms with Crippen molar-refractivity contribution in [3.05, 3.63) is 134 Å². The number of nitrogens with one attached hydrogen (secondary N) is 1. The standard InChI is InChI=1S/C81H137NO13/c1-3-5-7-9-11-13-15-17-19-21-23-25-27-28-29-30-31-32-33-34-35-36-37-38-39-40-41-42-43-45-47-49-51-53-55-57-59-61-63-65-73(86)82-69(68-92-80-78(91)76(89)79(72(67-84)94-80)95-81-77(90)75(88)74(87)71(66-83)93-81)70(85)64-62-60-58-56-54-52-50-48-46-44-26-24-22-20-18-16-14-12-10-8-6-4-2/h5,7,11,13,17,19,23,25,28-29,31-32,34-35,37-38,40-41,43,45,49,51,69-72,74-81,83-85,87-91H,3-4,6,8-10,12,14-16,18,20-22,24,26-27,30,33,36,39,42,44,46-48,50,52-68H2,1-2H3,(H,82,86)/b7-5-,13-11-,19-17-,25-23-,29-28-,32-31-,35-34-,38-37-,41-40-,45-43-,51-49-. The van der Waals surface area contributed by atoms with Crippen LogP contribution in [-0.2, 0) is 23.7 Å². The van der Waals surface area contributed by atoms with Gasteiger partial charge >= 0.3 is 0 Å². The Bertz CT molecular complexity index is 2110. The van der Waals surface area contributed by atoms with Crippen LogP contribution in [0.25, 0.3) is 0 Å². The van der Waals surface area contributed by atoms with Gasteiger partial charge in [0.05, 0.1) is 32.0 Å². The minimum Gasteiger partial charge on any atom is -0.394 e. The highest BCUT2D eigenvalue weighted by Crippen LogP contribution is 2.30. The molecule has 0 bridgehead atoms. The zero-order chi connectivity index (χ0) is 68.7. The fraction of sp³-hybridized carbons (Fsp3) is 0.716. The van der Waals surface area contributed by atoms with Crippen molar-refractivity contribution in [2.24, 2.45) is 0 Å². The molecule has 0 radical (unpaired) electrons. The van der Waals surface area contributed by atoms with Gasteiger partial charge in [0, 0.05) is 6.42 Å². The minimum absolute atomic E-state index is 0.228. The van der Waals surface area contributed by atoms with Gasteiger partial charge in [0.2, 0.25) is 5.91 Å². The lowest BCUT2D eigenvalue weighted by atomic mass is 9.97. The first-order valence-electron chi connectivity index (χ1n) is 37.9. The smallest absolute Gasteiger partial charge is 0.220 e. The molecular weight excluding hydrogens is 1190 g/mol. The van der Waals surface area contributed by atoms with Gasteiger partial charge in [-0.25, -0.2) is 0 Å². The fourth-order valence-electron chi connectivity index (χ4n) is 11.7. The van der Waals surface area contributed by atoms with Crippen molar-refractivity contribution < 1.29 is 64.6 Å². The maximum atomic E-state index is 13.4. The topological polar surface area (TPSA) is 228 Å². The van der Waals surface area contributed by atoms with Gasteiger partial charge in [0.25, 0.3) is 0 Å². The second-order valence-electron chi connectivity index (χ2n) is 26.0. The summed E-state index contributed by atoms with van der Waals surface area (Å²) in [5.74, 6) is -0.228. The molecule has 0 saturated carbocycles. The molecule has 0 spiro atoms. The van der Waals surface area contributed by atoms with Crippen molar-refractivity contribution >= 4 is 5.91 Å². The number of allylic oxidation sites excluding steroid dienone is 22. The number of hydrogen-bond donors (Lipinski definition) is 9. The van der Waals surface area contributed by atoms with E-state index in [1.165, 1.54) is 116 Å². The Kier molecular flexibility index (Phi) is 58.4. The van der Waals surface area contributed by atoms with Gasteiger partial charge in [-0.15, -0.1) is 0 Å². The summed E-state index contributed by atoms with van der Waals surface area (Å²) >= 11 is 0. The number of rotatable bonds is 61. The highest BCUT2D eigenvalue weighted by molar-refractivity contribution is 5.76. The van der Waals surface area contributed by atoms with Crippen molar-refractivity contribution in [1.82, 2.24) is 5.32 Å². The molecule has 95 heavy (non-hydrogen) atoms. The molecule has 0 aromatic heterocycles. The molecule has 2 rings (SSSR count). The van der Waals surface area contributed by atoms with Crippen LogP contribution in [0.2, 0.25) is 0 Å². The predicted octanol–water partition coefficient (Wildman–Crippen LogP) is 16.6. The molecule has 0 aromatic carbocycles.